The van der Waals surface area contributed by atoms with Crippen molar-refractivity contribution in [2.45, 2.75) is 38.8 Å². The monoisotopic (exact) mass is 388 g/mol. The molecule has 2 amide bonds. The van der Waals surface area contributed by atoms with Crippen molar-refractivity contribution < 1.29 is 27.9 Å². The Bertz CT molecular complexity index is 764. The van der Waals surface area contributed by atoms with Crippen LogP contribution in [0.5, 0.6) is 0 Å². The van der Waals surface area contributed by atoms with Crippen LogP contribution in [-0.2, 0) is 19.1 Å². The Morgan fingerprint density at radius 1 is 1.31 bits per heavy atom. The lowest BCUT2D eigenvalue weighted by molar-refractivity contribution is -0.161. The van der Waals surface area contributed by atoms with Gasteiger partial charge in [0.1, 0.15) is 28.4 Å². The first-order valence-electron chi connectivity index (χ1n) is 7.86. The van der Waals surface area contributed by atoms with Crippen LogP contribution in [0.3, 0.4) is 0 Å². The molecule has 0 spiro atoms. The molecule has 1 aliphatic heterocycles. The van der Waals surface area contributed by atoms with Crippen molar-refractivity contribution in [3.8, 4) is 0 Å². The lowest BCUT2D eigenvalue weighted by Crippen LogP contribution is -2.43. The molecule has 0 radical (unpaired) electrons. The number of amides is 2. The predicted octanol–water partition coefficient (Wildman–Crippen LogP) is 2.43. The molecule has 0 saturated carbocycles. The van der Waals surface area contributed by atoms with E-state index in [4.69, 9.17) is 16.3 Å². The normalized spacial score (nSPS) is 19.9. The number of likely N-dealkylation sites (N-methyl/N-ethyl adjacent to an activating group) is 1. The summed E-state index contributed by atoms with van der Waals surface area (Å²) in [5, 5.41) is 1.67. The van der Waals surface area contributed by atoms with Crippen molar-refractivity contribution in [3.05, 3.63) is 28.8 Å². The lowest BCUT2D eigenvalue weighted by Gasteiger charge is -2.22. The van der Waals surface area contributed by atoms with Gasteiger partial charge in [0.25, 0.3) is 0 Å². The highest BCUT2D eigenvalue weighted by Gasteiger charge is 2.43. The number of carbonyl (C=O) groups excluding carboxylic acids is 3. The number of rotatable bonds is 3. The van der Waals surface area contributed by atoms with E-state index in [1.54, 1.807) is 20.8 Å². The molecule has 1 aromatic rings. The number of hydrogen-bond donors (Lipinski definition) is 1. The Hall–Kier alpha value is -2.22. The lowest BCUT2D eigenvalue weighted by atomic mass is 10.0. The van der Waals surface area contributed by atoms with Gasteiger partial charge in [-0.1, -0.05) is 11.6 Å². The fourth-order valence-corrected chi connectivity index (χ4v) is 2.70. The minimum atomic E-state index is -1.13. The molecule has 0 aliphatic carbocycles. The quantitative estimate of drug-likeness (QED) is 0.490. The summed E-state index contributed by atoms with van der Waals surface area (Å²) < 4.78 is 32.5. The van der Waals surface area contributed by atoms with Crippen LogP contribution in [0.25, 0.3) is 0 Å². The first-order chi connectivity index (χ1) is 11.9. The van der Waals surface area contributed by atoms with Crippen LogP contribution in [0, 0.1) is 17.6 Å². The summed E-state index contributed by atoms with van der Waals surface area (Å²) in [7, 11) is 1.27. The summed E-state index contributed by atoms with van der Waals surface area (Å²) >= 11 is 5.52. The number of carbonyl (C=O) groups is 3. The summed E-state index contributed by atoms with van der Waals surface area (Å²) in [4.78, 5) is 37.6. The van der Waals surface area contributed by atoms with E-state index in [9.17, 15) is 23.2 Å². The Labute approximate surface area is 154 Å². The van der Waals surface area contributed by atoms with E-state index in [2.05, 4.69) is 5.32 Å². The van der Waals surface area contributed by atoms with Gasteiger partial charge in [-0.2, -0.15) is 0 Å². The molecule has 1 fully saturated rings. The molecule has 1 aromatic carbocycles. The van der Waals surface area contributed by atoms with Crippen molar-refractivity contribution in [2.24, 2.45) is 5.92 Å². The molecule has 1 heterocycles. The first kappa shape index (κ1) is 20.1. The number of ether oxygens (including phenoxy) is 1. The van der Waals surface area contributed by atoms with Gasteiger partial charge in [-0.15, -0.1) is 0 Å². The van der Waals surface area contributed by atoms with Crippen molar-refractivity contribution in [1.82, 2.24) is 5.32 Å². The smallest absolute Gasteiger partial charge is 0.319 e. The first-order valence-corrected chi connectivity index (χ1v) is 8.24. The third kappa shape index (κ3) is 4.12. The molecule has 1 unspecified atom stereocenters. The highest BCUT2D eigenvalue weighted by molar-refractivity contribution is 6.31. The zero-order chi connectivity index (χ0) is 19.8. The van der Waals surface area contributed by atoms with Gasteiger partial charge in [-0.3, -0.25) is 14.4 Å². The summed E-state index contributed by atoms with van der Waals surface area (Å²) in [6.07, 6.45) is -0.118. The second-order valence-corrected chi connectivity index (χ2v) is 7.35. The van der Waals surface area contributed by atoms with Crippen LogP contribution in [0.15, 0.2) is 12.1 Å². The van der Waals surface area contributed by atoms with Crippen LogP contribution in [-0.4, -0.2) is 36.5 Å². The van der Waals surface area contributed by atoms with Gasteiger partial charge in [0.2, 0.25) is 11.8 Å². The van der Waals surface area contributed by atoms with E-state index in [0.717, 1.165) is 17.0 Å². The molecule has 26 heavy (non-hydrogen) atoms. The Morgan fingerprint density at radius 2 is 1.92 bits per heavy atom. The minimum Gasteiger partial charge on any atom is -0.459 e. The number of hydrogen-bond acceptors (Lipinski definition) is 4. The van der Waals surface area contributed by atoms with Crippen molar-refractivity contribution in [3.63, 3.8) is 0 Å². The Morgan fingerprint density at radius 3 is 2.50 bits per heavy atom. The largest absolute Gasteiger partial charge is 0.459 e. The SMILES string of the molecule is CN(C(=O)[C@@H]1CC(C(=O)OC(C)(C)C)C(=O)N1)c1ccc(F)c(Cl)c1F. The molecule has 0 bridgehead atoms. The van der Waals surface area contributed by atoms with Gasteiger partial charge in [0.15, 0.2) is 5.82 Å². The second-order valence-electron chi connectivity index (χ2n) is 6.97. The zero-order valence-electron chi connectivity index (χ0n) is 14.7. The summed E-state index contributed by atoms with van der Waals surface area (Å²) in [5.41, 5.74) is -1.01. The van der Waals surface area contributed by atoms with Crippen LogP contribution >= 0.6 is 11.6 Å². The predicted molar refractivity (Wildman–Crippen MR) is 90.7 cm³/mol. The number of nitrogens with one attached hydrogen (secondary N) is 1. The van der Waals surface area contributed by atoms with Gasteiger partial charge in [-0.25, -0.2) is 8.78 Å². The molecule has 1 aliphatic rings. The molecular weight excluding hydrogens is 370 g/mol. The maximum Gasteiger partial charge on any atom is 0.319 e. The fourth-order valence-electron chi connectivity index (χ4n) is 2.54. The molecule has 1 saturated heterocycles. The standard InChI is InChI=1S/C17H19ClF2N2O4/c1-17(2,3)26-16(25)8-7-10(21-14(8)23)15(24)22(4)11-6-5-9(19)12(18)13(11)20/h5-6,8,10H,7H2,1-4H3,(H,21,23)/t8?,10-/m0/s1. The van der Waals surface area contributed by atoms with Gasteiger partial charge < -0.3 is 15.0 Å². The van der Waals surface area contributed by atoms with Crippen molar-refractivity contribution in [2.75, 3.05) is 11.9 Å². The average Bonchev–Trinajstić information content (AvgIpc) is 2.92. The highest BCUT2D eigenvalue weighted by Crippen LogP contribution is 2.29. The maximum absolute atomic E-state index is 14.1. The van der Waals surface area contributed by atoms with Crippen molar-refractivity contribution >= 4 is 35.1 Å². The third-order valence-corrected chi connectivity index (χ3v) is 4.15. The van der Waals surface area contributed by atoms with Crippen LogP contribution in [0.4, 0.5) is 14.5 Å². The number of nitrogens with zero attached hydrogens (tertiary/aromatic N) is 1. The van der Waals surface area contributed by atoms with Gasteiger partial charge in [0.05, 0.1) is 5.69 Å². The maximum atomic E-state index is 14.1. The molecular formula is C17H19ClF2N2O4. The number of halogens is 3. The summed E-state index contributed by atoms with van der Waals surface area (Å²) in [6, 6.07) is 0.964. The van der Waals surface area contributed by atoms with E-state index in [1.165, 1.54) is 7.05 Å². The molecule has 1 N–H and O–H groups in total. The Kier molecular flexibility index (Phi) is 5.55. The van der Waals surface area contributed by atoms with Crippen molar-refractivity contribution in [1.29, 1.82) is 0 Å². The van der Waals surface area contributed by atoms with Gasteiger partial charge in [0, 0.05) is 7.05 Å². The highest BCUT2D eigenvalue weighted by atomic mass is 35.5. The topological polar surface area (TPSA) is 75.7 Å². The van der Waals surface area contributed by atoms with Gasteiger partial charge >= 0.3 is 5.97 Å². The number of esters is 1. The summed E-state index contributed by atoms with van der Waals surface area (Å²) in [6.45, 7) is 4.99. The van der Waals surface area contributed by atoms with E-state index < -0.39 is 52.0 Å². The van der Waals surface area contributed by atoms with Gasteiger partial charge in [-0.05, 0) is 39.3 Å². The Balaban J connectivity index is 2.15. The van der Waals surface area contributed by atoms with Crippen LogP contribution < -0.4 is 10.2 Å². The summed E-state index contributed by atoms with van der Waals surface area (Å²) in [5.74, 6) is -5.19. The van der Waals surface area contributed by atoms with E-state index in [1.807, 2.05) is 0 Å². The molecule has 2 rings (SSSR count). The zero-order valence-corrected chi connectivity index (χ0v) is 15.5. The van der Waals surface area contributed by atoms with E-state index in [-0.39, 0.29) is 12.1 Å². The number of anilines is 1. The molecule has 2 atom stereocenters. The fraction of sp³-hybridized carbons (Fsp3) is 0.471. The van der Waals surface area contributed by atoms with E-state index >= 15 is 0 Å². The van der Waals surface area contributed by atoms with Crippen LogP contribution in [0.2, 0.25) is 5.02 Å². The second kappa shape index (κ2) is 7.19. The van der Waals surface area contributed by atoms with E-state index in [0.29, 0.717) is 0 Å². The average molecular weight is 389 g/mol. The third-order valence-electron chi connectivity index (χ3n) is 3.80. The molecule has 9 heteroatoms. The van der Waals surface area contributed by atoms with Crippen LogP contribution in [0.1, 0.15) is 27.2 Å². The molecule has 0 aromatic heterocycles. The molecule has 6 nitrogen and oxygen atoms in total. The minimum absolute atomic E-state index is 0.118. The molecule has 142 valence electrons. The number of benzene rings is 1.